The van der Waals surface area contributed by atoms with E-state index in [0.717, 1.165) is 6.07 Å². The maximum atomic E-state index is 12.1. The summed E-state index contributed by atoms with van der Waals surface area (Å²) in [5.74, 6) is -0.975. The first kappa shape index (κ1) is 14.4. The average Bonchev–Trinajstić information content (AvgIpc) is 2.13. The van der Waals surface area contributed by atoms with Crippen molar-refractivity contribution < 1.29 is 22.8 Å². The van der Waals surface area contributed by atoms with Gasteiger partial charge in [-0.1, -0.05) is 0 Å². The number of nitrogens with zero attached hydrogens (tertiary/aromatic N) is 3. The molecule has 1 rings (SSSR count). The monoisotopic (exact) mass is 373 g/mol. The molecule has 0 spiro atoms. The predicted octanol–water partition coefficient (Wildman–Crippen LogP) is 2.56. The number of rotatable bonds is 3. The molecule has 1 heterocycles. The summed E-state index contributed by atoms with van der Waals surface area (Å²) in [6.07, 6.45) is -5.54. The van der Waals surface area contributed by atoms with Gasteiger partial charge in [0, 0.05) is 6.07 Å². The number of hydrogen-bond acceptors (Lipinski definition) is 5. The van der Waals surface area contributed by atoms with Crippen LogP contribution in [-0.2, 0) is 6.42 Å². The number of hydrogen-bond donors (Lipinski definition) is 0. The minimum Gasteiger partial charge on any atom is -0.398 e. The Bertz CT molecular complexity index is 527. The highest BCUT2D eigenvalue weighted by Crippen LogP contribution is 2.35. The molecule has 0 aromatic carbocycles. The molecule has 0 aliphatic rings. The highest BCUT2D eigenvalue weighted by Gasteiger charge is 2.36. The van der Waals surface area contributed by atoms with Crippen molar-refractivity contribution in [2.24, 2.45) is 0 Å². The van der Waals surface area contributed by atoms with Crippen LogP contribution in [0.15, 0.2) is 6.07 Å². The lowest BCUT2D eigenvalue weighted by Crippen LogP contribution is -2.19. The molecule has 0 saturated heterocycles. The topological polar surface area (TPSA) is 89.0 Å². The highest BCUT2D eigenvalue weighted by molar-refractivity contribution is 14.1. The lowest BCUT2D eigenvalue weighted by molar-refractivity contribution is -0.389. The van der Waals surface area contributed by atoms with Gasteiger partial charge in [0.1, 0.15) is 9.39 Å². The molecular weight excluding hydrogens is 370 g/mol. The third-order valence-corrected chi connectivity index (χ3v) is 2.21. The molecule has 6 nitrogen and oxygen atoms in total. The van der Waals surface area contributed by atoms with Crippen LogP contribution in [0.25, 0.3) is 0 Å². The van der Waals surface area contributed by atoms with Crippen molar-refractivity contribution in [3.05, 3.63) is 25.6 Å². The third kappa shape index (κ3) is 3.69. The minimum absolute atomic E-state index is 0.0581. The Labute approximate surface area is 112 Å². The van der Waals surface area contributed by atoms with Crippen LogP contribution >= 0.6 is 22.6 Å². The Kier molecular flexibility index (Phi) is 4.28. The Morgan fingerprint density at radius 2 is 2.22 bits per heavy atom. The molecule has 96 valence electrons. The maximum absolute atomic E-state index is 12.1. The summed E-state index contributed by atoms with van der Waals surface area (Å²) in [7, 11) is 0. The fraction of sp³-hybridized carbons (Fsp3) is 0.250. The molecule has 0 unspecified atom stereocenters. The van der Waals surface area contributed by atoms with Crippen molar-refractivity contribution in [1.29, 1.82) is 5.26 Å². The summed E-state index contributed by atoms with van der Waals surface area (Å²) in [6, 6.07) is 2.37. The van der Waals surface area contributed by atoms with Crippen molar-refractivity contribution in [2.45, 2.75) is 12.8 Å². The minimum atomic E-state index is -5.06. The number of nitriles is 1. The second-order valence-corrected chi connectivity index (χ2v) is 3.98. The van der Waals surface area contributed by atoms with Crippen LogP contribution in [0.5, 0.6) is 5.75 Å². The molecule has 0 aliphatic heterocycles. The van der Waals surface area contributed by atoms with Crippen LogP contribution in [0.3, 0.4) is 0 Å². The Balaban J connectivity index is 3.39. The summed E-state index contributed by atoms with van der Waals surface area (Å²) < 4.78 is 39.9. The fourth-order valence-electron chi connectivity index (χ4n) is 1.13. The van der Waals surface area contributed by atoms with Crippen LogP contribution in [0.1, 0.15) is 5.69 Å². The van der Waals surface area contributed by atoms with E-state index >= 15 is 0 Å². The molecule has 1 aromatic heterocycles. The van der Waals surface area contributed by atoms with E-state index in [1.807, 2.05) is 0 Å². The van der Waals surface area contributed by atoms with Gasteiger partial charge in [0.15, 0.2) is 0 Å². The standard InChI is InChI=1S/C8H3F3IN3O3/c9-8(10,11)18-5-3-6(12)14-4(1-2-13)7(5)15(16)17/h3H,1H2. The van der Waals surface area contributed by atoms with Crippen LogP contribution in [0.4, 0.5) is 18.9 Å². The number of halogens is 4. The first-order valence-corrected chi connectivity index (χ1v) is 5.29. The highest BCUT2D eigenvalue weighted by atomic mass is 127. The lowest BCUT2D eigenvalue weighted by atomic mass is 10.2. The van der Waals surface area contributed by atoms with Crippen LogP contribution < -0.4 is 4.74 Å². The SMILES string of the molecule is N#CCc1nc(I)cc(OC(F)(F)F)c1[N+](=O)[O-]. The van der Waals surface area contributed by atoms with E-state index in [1.54, 1.807) is 28.7 Å². The number of nitro groups is 1. The molecule has 0 radical (unpaired) electrons. The van der Waals surface area contributed by atoms with Gasteiger partial charge in [0.2, 0.25) is 5.75 Å². The van der Waals surface area contributed by atoms with E-state index in [-0.39, 0.29) is 9.39 Å². The zero-order valence-electron chi connectivity index (χ0n) is 8.36. The number of aromatic nitrogens is 1. The molecule has 0 amide bonds. The molecule has 0 N–H and O–H groups in total. The van der Waals surface area contributed by atoms with E-state index in [0.29, 0.717) is 0 Å². The molecule has 0 atom stereocenters. The van der Waals surface area contributed by atoms with Crippen molar-refractivity contribution in [1.82, 2.24) is 4.98 Å². The molecule has 0 aliphatic carbocycles. The fourth-order valence-corrected chi connectivity index (χ4v) is 1.70. The van der Waals surface area contributed by atoms with Crippen molar-refractivity contribution >= 4 is 28.3 Å². The number of ether oxygens (including phenoxy) is 1. The second-order valence-electron chi connectivity index (χ2n) is 2.88. The molecule has 0 bridgehead atoms. The molecule has 18 heavy (non-hydrogen) atoms. The van der Waals surface area contributed by atoms with Gasteiger partial charge in [-0.2, -0.15) is 5.26 Å². The third-order valence-electron chi connectivity index (χ3n) is 1.65. The Hall–Kier alpha value is -1.64. The van der Waals surface area contributed by atoms with Crippen molar-refractivity contribution in [2.75, 3.05) is 0 Å². The van der Waals surface area contributed by atoms with Crippen LogP contribution in [0.2, 0.25) is 0 Å². The van der Waals surface area contributed by atoms with E-state index in [9.17, 15) is 23.3 Å². The van der Waals surface area contributed by atoms with Crippen molar-refractivity contribution in [3.8, 4) is 11.8 Å². The summed E-state index contributed by atoms with van der Waals surface area (Å²) >= 11 is 1.57. The zero-order chi connectivity index (χ0) is 13.9. The van der Waals surface area contributed by atoms with Gasteiger partial charge in [-0.25, -0.2) is 4.98 Å². The predicted molar refractivity (Wildman–Crippen MR) is 59.6 cm³/mol. The van der Waals surface area contributed by atoms with Gasteiger partial charge < -0.3 is 4.74 Å². The molecule has 1 aromatic rings. The van der Waals surface area contributed by atoms with Gasteiger partial charge in [0.05, 0.1) is 17.4 Å². The van der Waals surface area contributed by atoms with E-state index in [2.05, 4.69) is 9.72 Å². The molecule has 0 fully saturated rings. The maximum Gasteiger partial charge on any atom is 0.573 e. The van der Waals surface area contributed by atoms with Crippen molar-refractivity contribution in [3.63, 3.8) is 0 Å². The number of alkyl halides is 3. The summed E-state index contributed by atoms with van der Waals surface area (Å²) in [5, 5.41) is 19.2. The second kappa shape index (κ2) is 5.34. The van der Waals surface area contributed by atoms with Gasteiger partial charge in [0.25, 0.3) is 0 Å². The van der Waals surface area contributed by atoms with Gasteiger partial charge in [-0.3, -0.25) is 10.1 Å². The Morgan fingerprint density at radius 1 is 1.61 bits per heavy atom. The van der Waals surface area contributed by atoms with E-state index < -0.39 is 29.1 Å². The largest absolute Gasteiger partial charge is 0.573 e. The average molecular weight is 373 g/mol. The van der Waals surface area contributed by atoms with Gasteiger partial charge in [-0.05, 0) is 22.6 Å². The summed E-state index contributed by atoms with van der Waals surface area (Å²) in [4.78, 5) is 13.3. The first-order valence-electron chi connectivity index (χ1n) is 4.21. The smallest absolute Gasteiger partial charge is 0.398 e. The van der Waals surface area contributed by atoms with Gasteiger partial charge >= 0.3 is 12.0 Å². The zero-order valence-corrected chi connectivity index (χ0v) is 10.5. The van der Waals surface area contributed by atoms with Crippen LogP contribution in [0, 0.1) is 25.1 Å². The molecule has 0 saturated carbocycles. The summed E-state index contributed by atoms with van der Waals surface area (Å²) in [6.45, 7) is 0. The first-order chi connectivity index (χ1) is 8.24. The molecule has 10 heteroatoms. The summed E-state index contributed by atoms with van der Waals surface area (Å²) in [5.41, 5.74) is -1.32. The normalized spacial score (nSPS) is 10.8. The van der Waals surface area contributed by atoms with Crippen LogP contribution in [-0.4, -0.2) is 16.3 Å². The lowest BCUT2D eigenvalue weighted by Gasteiger charge is -2.10. The Morgan fingerprint density at radius 3 is 2.67 bits per heavy atom. The van der Waals surface area contributed by atoms with E-state index in [4.69, 9.17) is 5.26 Å². The quantitative estimate of drug-likeness (QED) is 0.352. The molecular formula is C8H3F3IN3O3. The number of pyridine rings is 1. The van der Waals surface area contributed by atoms with E-state index in [1.165, 1.54) is 0 Å². The van der Waals surface area contributed by atoms with Gasteiger partial charge in [-0.15, -0.1) is 13.2 Å².